The SMILES string of the molecule is CC(C)(C)C(=O)OC1CN(N)N(C(=O)Cc2ccc(F)cc2)C1. The molecule has 7 heteroatoms. The zero-order valence-corrected chi connectivity index (χ0v) is 13.6. The Balaban J connectivity index is 1.94. The maximum Gasteiger partial charge on any atom is 0.311 e. The topological polar surface area (TPSA) is 75.9 Å². The molecule has 0 spiro atoms. The molecule has 1 atom stereocenters. The summed E-state index contributed by atoms with van der Waals surface area (Å²) in [6, 6.07) is 5.73. The minimum atomic E-state index is -0.606. The van der Waals surface area contributed by atoms with E-state index in [1.807, 2.05) is 0 Å². The lowest BCUT2D eigenvalue weighted by molar-refractivity contribution is -0.157. The molecule has 1 saturated heterocycles. The van der Waals surface area contributed by atoms with Crippen molar-refractivity contribution in [3.05, 3.63) is 35.6 Å². The van der Waals surface area contributed by atoms with E-state index in [0.29, 0.717) is 5.56 Å². The molecule has 6 nitrogen and oxygen atoms in total. The molecule has 126 valence electrons. The van der Waals surface area contributed by atoms with Gasteiger partial charge in [0.2, 0.25) is 5.91 Å². The Hall–Kier alpha value is -1.99. The van der Waals surface area contributed by atoms with Gasteiger partial charge in [-0.1, -0.05) is 12.1 Å². The summed E-state index contributed by atoms with van der Waals surface area (Å²) >= 11 is 0. The van der Waals surface area contributed by atoms with Crippen molar-refractivity contribution in [3.8, 4) is 0 Å². The molecule has 2 N–H and O–H groups in total. The molecule has 1 aliphatic rings. The lowest BCUT2D eigenvalue weighted by atomic mass is 9.97. The average molecular weight is 323 g/mol. The highest BCUT2D eigenvalue weighted by atomic mass is 19.1. The van der Waals surface area contributed by atoms with Crippen molar-refractivity contribution in [3.63, 3.8) is 0 Å². The summed E-state index contributed by atoms with van der Waals surface area (Å²) < 4.78 is 18.3. The fraction of sp³-hybridized carbons (Fsp3) is 0.500. The molecule has 0 radical (unpaired) electrons. The molecular formula is C16H22FN3O3. The van der Waals surface area contributed by atoms with Crippen LogP contribution in [0.4, 0.5) is 4.39 Å². The summed E-state index contributed by atoms with van der Waals surface area (Å²) in [5, 5.41) is 2.61. The van der Waals surface area contributed by atoms with Gasteiger partial charge in [0.1, 0.15) is 11.9 Å². The van der Waals surface area contributed by atoms with Gasteiger partial charge in [-0.3, -0.25) is 20.4 Å². The zero-order valence-electron chi connectivity index (χ0n) is 13.6. The number of carbonyl (C=O) groups excluding carboxylic acids is 2. The number of carbonyl (C=O) groups is 2. The third kappa shape index (κ3) is 4.49. The van der Waals surface area contributed by atoms with Crippen LogP contribution in [0.15, 0.2) is 24.3 Å². The summed E-state index contributed by atoms with van der Waals surface area (Å²) in [6.45, 7) is 5.78. The van der Waals surface area contributed by atoms with E-state index in [0.717, 1.165) is 0 Å². The second-order valence-corrected chi connectivity index (χ2v) is 6.68. The average Bonchev–Trinajstić information content (AvgIpc) is 2.81. The molecule has 1 aliphatic heterocycles. The fourth-order valence-electron chi connectivity index (χ4n) is 2.18. The van der Waals surface area contributed by atoms with Gasteiger partial charge >= 0.3 is 5.97 Å². The number of hydrogen-bond acceptors (Lipinski definition) is 5. The van der Waals surface area contributed by atoms with Gasteiger partial charge < -0.3 is 4.74 Å². The third-order valence-electron chi connectivity index (χ3n) is 3.52. The molecule has 0 aromatic heterocycles. The van der Waals surface area contributed by atoms with Crippen molar-refractivity contribution < 1.29 is 18.7 Å². The standard InChI is InChI=1S/C16H22FN3O3/c1-16(2,3)15(22)23-13-9-19(20(18)10-13)14(21)8-11-4-6-12(17)7-5-11/h4-7,13H,8-10,18H2,1-3H3. The van der Waals surface area contributed by atoms with Crippen molar-refractivity contribution in [1.29, 1.82) is 0 Å². The quantitative estimate of drug-likeness (QED) is 0.669. The molecule has 1 fully saturated rings. The monoisotopic (exact) mass is 323 g/mol. The lowest BCUT2D eigenvalue weighted by Crippen LogP contribution is -2.46. The molecule has 0 aliphatic carbocycles. The van der Waals surface area contributed by atoms with Gasteiger partial charge in [0.05, 0.1) is 24.9 Å². The predicted octanol–water partition coefficient (Wildman–Crippen LogP) is 1.26. The number of nitrogens with two attached hydrogens (primary N) is 1. The second kappa shape index (κ2) is 6.64. The number of hydrazine groups is 2. The second-order valence-electron chi connectivity index (χ2n) is 6.68. The smallest absolute Gasteiger partial charge is 0.311 e. The van der Waals surface area contributed by atoms with E-state index in [-0.39, 0.29) is 37.2 Å². The lowest BCUT2D eigenvalue weighted by Gasteiger charge is -2.22. The van der Waals surface area contributed by atoms with E-state index in [1.54, 1.807) is 32.9 Å². The number of amides is 1. The Kier molecular flexibility index (Phi) is 5.01. The van der Waals surface area contributed by atoms with E-state index < -0.39 is 11.5 Å². The Morgan fingerprint density at radius 3 is 2.43 bits per heavy atom. The minimum absolute atomic E-state index is 0.105. The summed E-state index contributed by atoms with van der Waals surface area (Å²) in [7, 11) is 0. The van der Waals surface area contributed by atoms with E-state index >= 15 is 0 Å². The van der Waals surface area contributed by atoms with Crippen LogP contribution in [0.1, 0.15) is 26.3 Å². The molecule has 0 saturated carbocycles. The Bertz CT molecular complexity index is 583. The third-order valence-corrected chi connectivity index (χ3v) is 3.52. The highest BCUT2D eigenvalue weighted by Crippen LogP contribution is 2.19. The molecule has 0 bridgehead atoms. The predicted molar refractivity (Wildman–Crippen MR) is 82.0 cm³/mol. The number of benzene rings is 1. The number of hydrogen-bond donors (Lipinski definition) is 1. The minimum Gasteiger partial charge on any atom is -0.459 e. The van der Waals surface area contributed by atoms with E-state index in [2.05, 4.69) is 0 Å². The van der Waals surface area contributed by atoms with E-state index in [1.165, 1.54) is 22.3 Å². The first-order valence-corrected chi connectivity index (χ1v) is 7.45. The Labute approximate surface area is 134 Å². The van der Waals surface area contributed by atoms with Crippen molar-refractivity contribution in [2.45, 2.75) is 33.3 Å². The summed E-state index contributed by atoms with van der Waals surface area (Å²) in [5.74, 6) is 4.91. The van der Waals surface area contributed by atoms with Crippen LogP contribution in [-0.2, 0) is 20.7 Å². The van der Waals surface area contributed by atoms with Crippen LogP contribution in [-0.4, -0.2) is 41.2 Å². The Morgan fingerprint density at radius 2 is 1.87 bits per heavy atom. The van der Waals surface area contributed by atoms with Gasteiger partial charge in [-0.2, -0.15) is 5.12 Å². The largest absolute Gasteiger partial charge is 0.459 e. The number of ether oxygens (including phenoxy) is 1. The number of halogens is 1. The van der Waals surface area contributed by atoms with Crippen LogP contribution in [0.3, 0.4) is 0 Å². The number of rotatable bonds is 3. The summed E-state index contributed by atoms with van der Waals surface area (Å²) in [5.41, 5.74) is 0.0882. The zero-order chi connectivity index (χ0) is 17.2. The Morgan fingerprint density at radius 1 is 1.26 bits per heavy atom. The number of esters is 1. The van der Waals surface area contributed by atoms with Gasteiger partial charge in [0.25, 0.3) is 0 Å². The van der Waals surface area contributed by atoms with Crippen LogP contribution in [0.2, 0.25) is 0 Å². The van der Waals surface area contributed by atoms with Gasteiger partial charge in [0, 0.05) is 0 Å². The van der Waals surface area contributed by atoms with Crippen LogP contribution in [0.25, 0.3) is 0 Å². The summed E-state index contributed by atoms with van der Waals surface area (Å²) in [6.07, 6.45) is -0.350. The number of nitrogens with zero attached hydrogens (tertiary/aromatic N) is 2. The van der Waals surface area contributed by atoms with Crippen LogP contribution >= 0.6 is 0 Å². The molecule has 23 heavy (non-hydrogen) atoms. The summed E-state index contributed by atoms with van der Waals surface area (Å²) in [4.78, 5) is 24.2. The maximum absolute atomic E-state index is 12.9. The van der Waals surface area contributed by atoms with Crippen molar-refractivity contribution >= 4 is 11.9 Å². The van der Waals surface area contributed by atoms with Gasteiger partial charge in [0.15, 0.2) is 0 Å². The normalized spacial score (nSPS) is 19.0. The molecule has 1 unspecified atom stereocenters. The first-order valence-electron chi connectivity index (χ1n) is 7.45. The molecule has 1 aromatic carbocycles. The van der Waals surface area contributed by atoms with E-state index in [9.17, 15) is 14.0 Å². The van der Waals surface area contributed by atoms with Crippen molar-refractivity contribution in [2.75, 3.05) is 13.1 Å². The maximum atomic E-state index is 12.9. The fourth-order valence-corrected chi connectivity index (χ4v) is 2.18. The first kappa shape index (κ1) is 17.4. The van der Waals surface area contributed by atoms with Crippen LogP contribution in [0.5, 0.6) is 0 Å². The van der Waals surface area contributed by atoms with Crippen molar-refractivity contribution in [1.82, 2.24) is 10.1 Å². The van der Waals surface area contributed by atoms with Gasteiger partial charge in [-0.05, 0) is 38.5 Å². The van der Waals surface area contributed by atoms with Crippen molar-refractivity contribution in [2.24, 2.45) is 11.3 Å². The molecule has 1 heterocycles. The molecular weight excluding hydrogens is 301 g/mol. The first-order chi connectivity index (χ1) is 10.7. The van der Waals surface area contributed by atoms with Crippen LogP contribution < -0.4 is 5.84 Å². The highest BCUT2D eigenvalue weighted by molar-refractivity contribution is 5.79. The van der Waals surface area contributed by atoms with Gasteiger partial charge in [-0.15, -0.1) is 0 Å². The van der Waals surface area contributed by atoms with Gasteiger partial charge in [-0.25, -0.2) is 4.39 Å². The van der Waals surface area contributed by atoms with E-state index in [4.69, 9.17) is 10.6 Å². The highest BCUT2D eigenvalue weighted by Gasteiger charge is 2.36. The molecule has 1 amide bonds. The van der Waals surface area contributed by atoms with Crippen LogP contribution in [0, 0.1) is 11.2 Å². The molecule has 1 aromatic rings. The molecule has 2 rings (SSSR count).